The fourth-order valence-electron chi connectivity index (χ4n) is 6.09. The fraction of sp³-hybridized carbons (Fsp3) is 0.312. The first-order valence-corrected chi connectivity index (χ1v) is 15.3. The molecule has 5 heteroatoms. The Kier molecular flexibility index (Phi) is 12.2. The minimum Gasteiger partial charge on any atom is -1.00 e. The number of aryl methyl sites for hydroxylation is 6. The summed E-state index contributed by atoms with van der Waals surface area (Å²) in [5, 5.41) is 4.54. The summed E-state index contributed by atoms with van der Waals surface area (Å²) in [4.78, 5) is 0. The number of benzene rings is 3. The number of allylic oxidation sites excluding steroid dienone is 4. The Hall–Kier alpha value is -1.06. The first-order valence-electron chi connectivity index (χ1n) is 12.5. The van der Waals surface area contributed by atoms with Gasteiger partial charge in [-0.05, 0) is 0 Å². The van der Waals surface area contributed by atoms with E-state index < -0.39 is 8.07 Å². The fourth-order valence-corrected chi connectivity index (χ4v) is 14.4. The Morgan fingerprint density at radius 1 is 0.595 bits per heavy atom. The molecule has 1 atom stereocenters. The molecule has 0 aliphatic heterocycles. The van der Waals surface area contributed by atoms with Crippen LogP contribution in [0.2, 0.25) is 3.34 Å². The molecule has 0 radical (unpaired) electrons. The second-order valence-corrected chi connectivity index (χ2v) is 16.7. The number of hydrogen-bond donors (Lipinski definition) is 0. The van der Waals surface area contributed by atoms with E-state index in [1.54, 1.807) is 0 Å². The van der Waals surface area contributed by atoms with E-state index >= 15 is 0 Å². The third kappa shape index (κ3) is 6.57. The van der Waals surface area contributed by atoms with Crippen LogP contribution in [0.25, 0.3) is 0 Å². The summed E-state index contributed by atoms with van der Waals surface area (Å²) >= 11 is 2.51. The van der Waals surface area contributed by atoms with Crippen LogP contribution in [0.3, 0.4) is 0 Å². The van der Waals surface area contributed by atoms with Crippen LogP contribution in [-0.4, -0.2) is 8.07 Å². The molecule has 0 N–H and O–H groups in total. The van der Waals surface area contributed by atoms with Crippen LogP contribution in [0.15, 0.2) is 78.4 Å². The van der Waals surface area contributed by atoms with E-state index in [4.69, 9.17) is 0 Å². The Morgan fingerprint density at radius 2 is 0.919 bits per heavy atom. The van der Waals surface area contributed by atoms with Crippen LogP contribution < -0.4 is 52.8 Å². The molecule has 0 nitrogen and oxygen atoms in total. The number of hydrogen-bond acceptors (Lipinski definition) is 0. The van der Waals surface area contributed by atoms with Crippen molar-refractivity contribution in [3.8, 4) is 0 Å². The van der Waals surface area contributed by atoms with E-state index in [2.05, 4.69) is 142 Å². The van der Waals surface area contributed by atoms with E-state index in [1.807, 2.05) is 0 Å². The standard InChI is InChI=1S/C32H37Si.3ClH.Ti/c1-8-9-28-10-11-29(21-28)33(30-15-22(2)12-23(3)16-30,31-17-24(4)13-25(5)18-31)32-19-26(6)14-27(7)20-32;;;;/h10-21H,8-9H2,1-7H3;3*1H;/q;;;;+3/p-3. The molecule has 0 aromatic heterocycles. The van der Waals surface area contributed by atoms with Crippen LogP contribution >= 0.6 is 0 Å². The molecule has 3 aromatic carbocycles. The summed E-state index contributed by atoms with van der Waals surface area (Å²) in [5.74, 6) is 0. The average Bonchev–Trinajstić information content (AvgIpc) is 3.08. The van der Waals surface area contributed by atoms with Gasteiger partial charge in [0.1, 0.15) is 0 Å². The maximum atomic E-state index is 2.62. The average molecular weight is 604 g/mol. The zero-order valence-corrected chi connectivity index (χ0v) is 27.8. The van der Waals surface area contributed by atoms with Crippen LogP contribution in [0.5, 0.6) is 0 Å². The van der Waals surface area contributed by atoms with Crippen LogP contribution in [0.1, 0.15) is 53.1 Å². The van der Waals surface area contributed by atoms with Gasteiger partial charge in [0, 0.05) is 0 Å². The Balaban J connectivity index is 0.00000228. The summed E-state index contributed by atoms with van der Waals surface area (Å²) in [6, 6.07) is 21.9. The zero-order valence-electron chi connectivity index (χ0n) is 23.0. The molecule has 37 heavy (non-hydrogen) atoms. The maximum Gasteiger partial charge on any atom is -1.00 e. The van der Waals surface area contributed by atoms with Crippen molar-refractivity contribution in [1.29, 1.82) is 0 Å². The molecule has 1 aliphatic carbocycles. The van der Waals surface area contributed by atoms with E-state index in [1.165, 1.54) is 60.9 Å². The molecule has 4 rings (SSSR count). The van der Waals surface area contributed by atoms with Gasteiger partial charge in [0.15, 0.2) is 0 Å². The zero-order chi connectivity index (χ0) is 24.7. The minimum absolute atomic E-state index is 0. The molecular weight excluding hydrogens is 567 g/mol. The maximum absolute atomic E-state index is 2.62. The van der Waals surface area contributed by atoms with Gasteiger partial charge >= 0.3 is 220 Å². The molecule has 1 aliphatic rings. The molecule has 3 aromatic rings. The Bertz CT molecular complexity index is 1130. The first-order chi connectivity index (χ1) is 16.1. The quantitative estimate of drug-likeness (QED) is 0.217. The normalized spacial score (nSPS) is 16.4. The third-order valence-corrected chi connectivity index (χ3v) is 14.4. The van der Waals surface area contributed by atoms with Gasteiger partial charge in [-0.1, -0.05) is 0 Å². The molecule has 0 saturated carbocycles. The van der Waals surface area contributed by atoms with Crippen molar-refractivity contribution in [2.24, 2.45) is 0 Å². The SMILES string of the molecule is CCCC1=C[C]([Ti+3])([Si](c2cc(C)cc(C)c2)(c2cc(C)cc(C)c2)c2cc(C)cc(C)c2)C=C1.[Cl-].[Cl-].[Cl-]. The molecule has 0 amide bonds. The van der Waals surface area contributed by atoms with Crippen molar-refractivity contribution in [3.05, 3.63) is 112 Å². The van der Waals surface area contributed by atoms with E-state index in [0.29, 0.717) is 0 Å². The molecule has 0 fully saturated rings. The molecule has 194 valence electrons. The van der Waals surface area contributed by atoms with E-state index in [-0.39, 0.29) is 40.6 Å². The van der Waals surface area contributed by atoms with Crippen LogP contribution in [-0.2, 0) is 20.4 Å². The van der Waals surface area contributed by atoms with Crippen molar-refractivity contribution >= 4 is 23.6 Å². The summed E-state index contributed by atoms with van der Waals surface area (Å²) in [6.45, 7) is 15.8. The molecule has 1 unspecified atom stereocenters. The van der Waals surface area contributed by atoms with Gasteiger partial charge in [-0.15, -0.1) is 0 Å². The molecule has 0 saturated heterocycles. The Morgan fingerprint density at radius 3 is 1.22 bits per heavy atom. The largest absolute Gasteiger partial charge is 1.00 e. The van der Waals surface area contributed by atoms with Gasteiger partial charge in [-0.3, -0.25) is 0 Å². The summed E-state index contributed by atoms with van der Waals surface area (Å²) in [6.07, 6.45) is 9.90. The van der Waals surface area contributed by atoms with E-state index in [9.17, 15) is 0 Å². The third-order valence-electron chi connectivity index (χ3n) is 7.10. The van der Waals surface area contributed by atoms with Crippen LogP contribution in [0, 0.1) is 41.5 Å². The van der Waals surface area contributed by atoms with Gasteiger partial charge in [-0.2, -0.15) is 0 Å². The monoisotopic (exact) mass is 602 g/mol. The topological polar surface area (TPSA) is 0 Å². The second kappa shape index (κ2) is 13.3. The van der Waals surface area contributed by atoms with Gasteiger partial charge in [0.25, 0.3) is 0 Å². The second-order valence-electron chi connectivity index (χ2n) is 10.6. The van der Waals surface area contributed by atoms with Gasteiger partial charge in [0.05, 0.1) is 0 Å². The molecule has 0 heterocycles. The van der Waals surface area contributed by atoms with Gasteiger partial charge in [0.2, 0.25) is 0 Å². The van der Waals surface area contributed by atoms with Crippen molar-refractivity contribution in [2.45, 2.75) is 64.7 Å². The predicted octanol–water partition coefficient (Wildman–Crippen LogP) is -2.44. The number of rotatable bonds is 6. The van der Waals surface area contributed by atoms with Crippen molar-refractivity contribution in [1.82, 2.24) is 0 Å². The summed E-state index contributed by atoms with van der Waals surface area (Å²) in [5.41, 5.74) is 9.59. The number of halogens is 3. The summed E-state index contributed by atoms with van der Waals surface area (Å²) < 4.78 is -0.0573. The summed E-state index contributed by atoms with van der Waals surface area (Å²) in [7, 11) is -2.54. The molecule has 0 spiro atoms. The van der Waals surface area contributed by atoms with Crippen molar-refractivity contribution < 1.29 is 57.7 Å². The van der Waals surface area contributed by atoms with Gasteiger partial charge in [-0.25, -0.2) is 0 Å². The molecule has 0 bridgehead atoms. The van der Waals surface area contributed by atoms with Crippen molar-refractivity contribution in [3.63, 3.8) is 0 Å². The predicted molar refractivity (Wildman–Crippen MR) is 147 cm³/mol. The van der Waals surface area contributed by atoms with Gasteiger partial charge < -0.3 is 37.2 Å². The Labute approximate surface area is 256 Å². The van der Waals surface area contributed by atoms with Crippen LogP contribution in [0.4, 0.5) is 0 Å². The van der Waals surface area contributed by atoms with Crippen molar-refractivity contribution in [2.75, 3.05) is 0 Å². The van der Waals surface area contributed by atoms with E-state index in [0.717, 1.165) is 6.42 Å². The first kappa shape index (κ1) is 34.0. The minimum atomic E-state index is -2.54. The smallest absolute Gasteiger partial charge is 1.00 e. The molecular formula is C32H37Cl3SiTi.